The minimum absolute atomic E-state index is 0.0500. The summed E-state index contributed by atoms with van der Waals surface area (Å²) in [6.07, 6.45) is 0.784. The zero-order valence-electron chi connectivity index (χ0n) is 39.3. The minimum atomic E-state index is -1.67. The van der Waals surface area contributed by atoms with E-state index in [0.29, 0.717) is 5.56 Å². The van der Waals surface area contributed by atoms with E-state index in [0.717, 1.165) is 10.9 Å². The van der Waals surface area contributed by atoms with Crippen LogP contribution in [0.3, 0.4) is 0 Å². The van der Waals surface area contributed by atoms with Crippen LogP contribution in [0.2, 0.25) is 0 Å². The average molecular weight is 987 g/mol. The first kappa shape index (κ1) is 58.1. The van der Waals surface area contributed by atoms with Gasteiger partial charge in [0.1, 0.15) is 48.3 Å². The molecule has 0 bridgehead atoms. The number of aromatic amines is 1. The number of benzene rings is 1. The molecule has 0 aliphatic carbocycles. The normalized spacial score (nSPS) is 14.2. The maximum Gasteiger partial charge on any atom is 0.326 e. The number of H-pyrrole nitrogens is 1. The van der Waals surface area contributed by atoms with Crippen molar-refractivity contribution in [2.45, 2.75) is 121 Å². The van der Waals surface area contributed by atoms with Crippen LogP contribution in [-0.2, 0) is 54.4 Å². The van der Waals surface area contributed by atoms with Crippen molar-refractivity contribution in [3.05, 3.63) is 36.0 Å². The number of amides is 9. The second kappa shape index (κ2) is 29.0. The number of aromatic nitrogens is 1. The highest BCUT2D eigenvalue weighted by atomic mass is 16.4. The number of aliphatic carboxylic acids is 1. The smallest absolute Gasteiger partial charge is 0.326 e. The number of carboxylic acids is 1. The molecule has 386 valence electrons. The number of carboxylic acid groups (broad SMARTS) is 1. The van der Waals surface area contributed by atoms with E-state index in [-0.39, 0.29) is 57.6 Å². The molecule has 0 radical (unpaired) electrons. The van der Waals surface area contributed by atoms with Gasteiger partial charge in [-0.2, -0.15) is 0 Å². The summed E-state index contributed by atoms with van der Waals surface area (Å²) in [5.41, 5.74) is 17.4. The molecular weight excluding hydrogens is 921 g/mol. The summed E-state index contributed by atoms with van der Waals surface area (Å²) in [6.45, 7) is 4.22. The Bertz CT molecular complexity index is 2220. The number of nitrogens with two attached hydrogens (primary N) is 3. The molecule has 1 aromatic heterocycles. The molecule has 1 aromatic carbocycles. The molecule has 28 nitrogen and oxygen atoms in total. The number of primary amides is 1. The number of carbonyl (C=O) groups is 10. The molecule has 2 aromatic rings. The summed E-state index contributed by atoms with van der Waals surface area (Å²) in [4.78, 5) is 132. The van der Waals surface area contributed by atoms with E-state index < -0.39 is 126 Å². The lowest BCUT2D eigenvalue weighted by molar-refractivity contribution is -0.142. The number of nitrogens with one attached hydrogen (secondary N) is 13. The van der Waals surface area contributed by atoms with E-state index in [9.17, 15) is 58.2 Å². The zero-order valence-corrected chi connectivity index (χ0v) is 39.3. The molecule has 21 N–H and O–H groups in total. The largest absolute Gasteiger partial charge is 0.480 e. The second-order valence-electron chi connectivity index (χ2n) is 16.2. The van der Waals surface area contributed by atoms with E-state index in [1.54, 1.807) is 30.5 Å². The van der Waals surface area contributed by atoms with Crippen molar-refractivity contribution in [3.8, 4) is 0 Å². The van der Waals surface area contributed by atoms with Gasteiger partial charge in [0.15, 0.2) is 11.9 Å². The molecule has 1 heterocycles. The Kier molecular flexibility index (Phi) is 24.0. The van der Waals surface area contributed by atoms with E-state index in [1.807, 2.05) is 0 Å². The van der Waals surface area contributed by atoms with Crippen molar-refractivity contribution < 1.29 is 58.2 Å². The van der Waals surface area contributed by atoms with Crippen molar-refractivity contribution in [2.24, 2.45) is 17.2 Å². The van der Waals surface area contributed by atoms with Gasteiger partial charge < -0.3 is 85.6 Å². The average Bonchev–Trinajstić information content (AvgIpc) is 3.69. The van der Waals surface area contributed by atoms with Crippen molar-refractivity contribution >= 4 is 82.0 Å². The van der Waals surface area contributed by atoms with Gasteiger partial charge in [-0.1, -0.05) is 18.2 Å². The number of aliphatic hydroxyl groups excluding tert-OH is 1. The fourth-order valence-electron chi connectivity index (χ4n) is 6.63. The van der Waals surface area contributed by atoms with Gasteiger partial charge in [0.25, 0.3) is 0 Å². The molecule has 70 heavy (non-hydrogen) atoms. The van der Waals surface area contributed by atoms with Crippen LogP contribution in [0.25, 0.3) is 10.9 Å². The molecule has 9 amide bonds. The first-order chi connectivity index (χ1) is 32.9. The molecular formula is C42H66N16O12. The third-order valence-electron chi connectivity index (χ3n) is 10.4. The number of hydrogen-bond donors (Lipinski definition) is 18. The van der Waals surface area contributed by atoms with Crippen LogP contribution in [0.1, 0.15) is 71.8 Å². The highest BCUT2D eigenvalue weighted by Crippen LogP contribution is 2.19. The van der Waals surface area contributed by atoms with Crippen molar-refractivity contribution in [3.63, 3.8) is 0 Å². The van der Waals surface area contributed by atoms with Gasteiger partial charge in [-0.05, 0) is 64.5 Å². The first-order valence-corrected chi connectivity index (χ1v) is 22.2. The molecule has 0 spiro atoms. The Morgan fingerprint density at radius 2 is 1.00 bits per heavy atom. The summed E-state index contributed by atoms with van der Waals surface area (Å²) in [7, 11) is 0. The van der Waals surface area contributed by atoms with Crippen molar-refractivity contribution in [1.82, 2.24) is 58.2 Å². The lowest BCUT2D eigenvalue weighted by Gasteiger charge is -2.27. The summed E-state index contributed by atoms with van der Waals surface area (Å²) in [5.74, 6) is -9.99. The van der Waals surface area contributed by atoms with Crippen LogP contribution in [0.5, 0.6) is 0 Å². The molecule has 28 heteroatoms. The van der Waals surface area contributed by atoms with Crippen LogP contribution in [0, 0.1) is 10.8 Å². The maximum absolute atomic E-state index is 13.9. The Labute approximate surface area is 402 Å². The predicted octanol–water partition coefficient (Wildman–Crippen LogP) is -5.46. The summed E-state index contributed by atoms with van der Waals surface area (Å²) < 4.78 is 0. The molecule has 0 unspecified atom stereocenters. The number of hydrogen-bond acceptors (Lipinski definition) is 13. The Morgan fingerprint density at radius 3 is 1.46 bits per heavy atom. The Hall–Kier alpha value is -8.04. The van der Waals surface area contributed by atoms with Crippen LogP contribution >= 0.6 is 0 Å². The van der Waals surface area contributed by atoms with E-state index in [2.05, 4.69) is 58.2 Å². The number of para-hydroxylation sites is 1. The number of carbonyl (C=O) groups excluding carboxylic acids is 9. The molecule has 0 aliphatic rings. The van der Waals surface area contributed by atoms with Gasteiger partial charge in [0.05, 0.1) is 6.61 Å². The van der Waals surface area contributed by atoms with E-state index in [1.165, 1.54) is 27.7 Å². The summed E-state index contributed by atoms with van der Waals surface area (Å²) in [6, 6.07) is -4.10. The van der Waals surface area contributed by atoms with Crippen molar-refractivity contribution in [2.75, 3.05) is 19.7 Å². The number of rotatable bonds is 30. The van der Waals surface area contributed by atoms with E-state index in [4.69, 9.17) is 28.0 Å². The Morgan fingerprint density at radius 1 is 0.586 bits per heavy atom. The lowest BCUT2D eigenvalue weighted by Crippen LogP contribution is -2.60. The van der Waals surface area contributed by atoms with Gasteiger partial charge >= 0.3 is 5.97 Å². The molecule has 2 rings (SSSR count). The van der Waals surface area contributed by atoms with Crippen LogP contribution < -0.4 is 70.4 Å². The number of fused-ring (bicyclic) bond motifs is 1. The number of guanidine groups is 2. The van der Waals surface area contributed by atoms with Gasteiger partial charge in [-0.25, -0.2) is 4.79 Å². The number of aliphatic hydroxyl groups is 1. The third-order valence-corrected chi connectivity index (χ3v) is 10.4. The highest BCUT2D eigenvalue weighted by molar-refractivity contribution is 5.98. The standard InChI is InChI=1S/C42H66N16O12/c1-20(51-23(4)60)33(62)54-28(12-8-16-49-42(46)47)37(66)56-29(13-14-32(43)61)38(67)55-27(11-7-15-48-41(44)45)36(65)52-22(3)35(64)58-31(19-59)39(68)53-21(2)34(63)57-30(40(69)70)17-24-18-50-26-10-6-5-9-25(24)26/h5-6,9-10,18,20-22,27-31,50,59H,7-8,11-17,19H2,1-4H3,(H2,43,61)(H,51,60)(H,52,65)(H,53,68)(H,54,62)(H,55,67)(H,56,66)(H,57,63)(H,58,64)(H,69,70)(H4,44,45,48)(H4,46,47,49)/t20-,21-,22-,27-,28-,29-,30-,31-/m0/s1. The highest BCUT2D eigenvalue weighted by Gasteiger charge is 2.33. The molecule has 0 aliphatic heterocycles. The predicted molar refractivity (Wildman–Crippen MR) is 252 cm³/mol. The van der Waals surface area contributed by atoms with E-state index >= 15 is 0 Å². The van der Waals surface area contributed by atoms with Gasteiger partial charge in [0.2, 0.25) is 53.2 Å². The van der Waals surface area contributed by atoms with Gasteiger partial charge in [-0.3, -0.25) is 54.0 Å². The fourth-order valence-corrected chi connectivity index (χ4v) is 6.63. The van der Waals surface area contributed by atoms with Crippen LogP contribution in [0.15, 0.2) is 30.5 Å². The second-order valence-corrected chi connectivity index (χ2v) is 16.2. The lowest BCUT2D eigenvalue weighted by atomic mass is 10.0. The van der Waals surface area contributed by atoms with Crippen LogP contribution in [-0.4, -0.2) is 154 Å². The minimum Gasteiger partial charge on any atom is -0.480 e. The zero-order chi connectivity index (χ0) is 52.7. The van der Waals surface area contributed by atoms with Gasteiger partial charge in [0, 0.05) is 50.0 Å². The summed E-state index contributed by atoms with van der Waals surface area (Å²) >= 11 is 0. The molecule has 0 saturated heterocycles. The van der Waals surface area contributed by atoms with Crippen molar-refractivity contribution in [1.29, 1.82) is 10.8 Å². The molecule has 8 atom stereocenters. The summed E-state index contributed by atoms with van der Waals surface area (Å²) in [5, 5.41) is 59.7. The topological polar surface area (TPSA) is 473 Å². The van der Waals surface area contributed by atoms with Crippen LogP contribution in [0.4, 0.5) is 0 Å². The molecule has 0 fully saturated rings. The third kappa shape index (κ3) is 20.4. The Balaban J connectivity index is 2.20. The maximum atomic E-state index is 13.9. The molecule has 0 saturated carbocycles. The monoisotopic (exact) mass is 987 g/mol. The quantitative estimate of drug-likeness (QED) is 0.0197. The SMILES string of the molecule is CC(=O)N[C@@H](C)C(=O)N[C@@H](CCCNC(=N)N)C(=O)N[C@@H](CCC(N)=O)C(=O)N[C@@H](CCCNC(=N)N)C(=O)N[C@@H](C)C(=O)N[C@@H](CO)C(=O)N[C@@H](C)C(=O)N[C@@H](Cc1c[nH]c2ccccc12)C(=O)O. The first-order valence-electron chi connectivity index (χ1n) is 22.2. The van der Waals surface area contributed by atoms with Gasteiger partial charge in [-0.15, -0.1) is 0 Å². The fraction of sp³-hybridized carbons (Fsp3) is 0.524.